The minimum atomic E-state index is -0.201. The Labute approximate surface area is 150 Å². The van der Waals surface area contributed by atoms with E-state index in [4.69, 9.17) is 9.47 Å². The minimum absolute atomic E-state index is 0.201. The van der Waals surface area contributed by atoms with Crippen molar-refractivity contribution >= 4 is 5.95 Å². The quantitative estimate of drug-likeness (QED) is 0.766. The number of nitrogens with zero attached hydrogens (tertiary/aromatic N) is 5. The monoisotopic (exact) mass is 353 g/mol. The predicted molar refractivity (Wildman–Crippen MR) is 95.8 cm³/mol. The number of rotatable bonds is 4. The summed E-state index contributed by atoms with van der Waals surface area (Å²) in [5, 5.41) is 14.9. The summed E-state index contributed by atoms with van der Waals surface area (Å²) in [6.07, 6.45) is 1.84. The molecular formula is C18H19N5O3. The molecule has 8 heteroatoms. The van der Waals surface area contributed by atoms with E-state index in [1.54, 1.807) is 4.68 Å². The average molecular weight is 353 g/mol. The number of methoxy groups -OCH3 is 1. The van der Waals surface area contributed by atoms with Crippen molar-refractivity contribution in [3.8, 4) is 28.7 Å². The van der Waals surface area contributed by atoms with Crippen molar-refractivity contribution in [2.45, 2.75) is 0 Å². The molecule has 0 atom stereocenters. The molecule has 0 amide bonds. The fraction of sp³-hybridized carbons (Fsp3) is 0.278. The molecule has 4 rings (SSSR count). The minimum Gasteiger partial charge on any atom is -0.491 e. The first kappa shape index (κ1) is 16.3. The van der Waals surface area contributed by atoms with Crippen molar-refractivity contribution in [1.82, 2.24) is 19.7 Å². The molecule has 0 saturated carbocycles. The van der Waals surface area contributed by atoms with Gasteiger partial charge < -0.3 is 19.5 Å². The van der Waals surface area contributed by atoms with Crippen molar-refractivity contribution in [1.29, 1.82) is 0 Å². The summed E-state index contributed by atoms with van der Waals surface area (Å²) >= 11 is 0. The fourth-order valence-corrected chi connectivity index (χ4v) is 2.87. The number of para-hydroxylation sites is 1. The smallest absolute Gasteiger partial charge is 0.260 e. The van der Waals surface area contributed by atoms with Gasteiger partial charge in [-0.15, -0.1) is 0 Å². The van der Waals surface area contributed by atoms with Crippen molar-refractivity contribution in [3.63, 3.8) is 0 Å². The van der Waals surface area contributed by atoms with Gasteiger partial charge in [0.15, 0.2) is 0 Å². The topological polar surface area (TPSA) is 85.5 Å². The van der Waals surface area contributed by atoms with Crippen LogP contribution in [0.5, 0.6) is 11.6 Å². The van der Waals surface area contributed by atoms with E-state index in [2.05, 4.69) is 15.1 Å². The van der Waals surface area contributed by atoms with E-state index in [-0.39, 0.29) is 11.6 Å². The third-order valence-corrected chi connectivity index (χ3v) is 4.19. The van der Waals surface area contributed by atoms with E-state index in [1.807, 2.05) is 47.5 Å². The Morgan fingerprint density at radius 2 is 1.85 bits per heavy atom. The van der Waals surface area contributed by atoms with E-state index >= 15 is 0 Å². The van der Waals surface area contributed by atoms with Crippen LogP contribution in [0.4, 0.5) is 5.95 Å². The molecule has 1 saturated heterocycles. The zero-order chi connectivity index (χ0) is 17.9. The molecule has 134 valence electrons. The van der Waals surface area contributed by atoms with Gasteiger partial charge in [-0.3, -0.25) is 0 Å². The van der Waals surface area contributed by atoms with Gasteiger partial charge in [0.25, 0.3) is 5.88 Å². The number of ether oxygens (including phenoxy) is 2. The second kappa shape index (κ2) is 7.01. The zero-order valence-electron chi connectivity index (χ0n) is 14.4. The molecule has 1 aliphatic rings. The number of hydrogen-bond acceptors (Lipinski definition) is 7. The van der Waals surface area contributed by atoms with Crippen LogP contribution in [0.2, 0.25) is 0 Å². The summed E-state index contributed by atoms with van der Waals surface area (Å²) in [5.74, 6) is 0.449. The summed E-state index contributed by atoms with van der Waals surface area (Å²) < 4.78 is 12.4. The lowest BCUT2D eigenvalue weighted by atomic mass is 10.2. The maximum Gasteiger partial charge on any atom is 0.260 e. The molecule has 1 aromatic carbocycles. The molecule has 1 aliphatic heterocycles. The maximum absolute atomic E-state index is 10.3. The molecule has 0 spiro atoms. The number of benzene rings is 1. The van der Waals surface area contributed by atoms with Crippen LogP contribution in [0.15, 0.2) is 42.6 Å². The Morgan fingerprint density at radius 1 is 1.08 bits per heavy atom. The van der Waals surface area contributed by atoms with E-state index in [1.165, 1.54) is 7.11 Å². The van der Waals surface area contributed by atoms with Gasteiger partial charge >= 0.3 is 0 Å². The normalized spacial score (nSPS) is 14.4. The van der Waals surface area contributed by atoms with E-state index in [0.29, 0.717) is 43.6 Å². The Kier molecular flexibility index (Phi) is 4.40. The fourth-order valence-electron chi connectivity index (χ4n) is 2.87. The molecule has 3 heterocycles. The third-order valence-electron chi connectivity index (χ3n) is 4.19. The van der Waals surface area contributed by atoms with Crippen LogP contribution in [0.1, 0.15) is 0 Å². The molecule has 0 bridgehead atoms. The number of anilines is 1. The van der Waals surface area contributed by atoms with Gasteiger partial charge in [-0.1, -0.05) is 18.2 Å². The number of hydrogen-bond donors (Lipinski definition) is 1. The Morgan fingerprint density at radius 3 is 2.58 bits per heavy atom. The largest absolute Gasteiger partial charge is 0.491 e. The van der Waals surface area contributed by atoms with Gasteiger partial charge in [0.1, 0.15) is 11.4 Å². The van der Waals surface area contributed by atoms with Crippen LogP contribution in [0.25, 0.3) is 17.1 Å². The second-order valence-corrected chi connectivity index (χ2v) is 5.81. The first-order valence-corrected chi connectivity index (χ1v) is 8.35. The first-order valence-electron chi connectivity index (χ1n) is 8.35. The maximum atomic E-state index is 10.3. The van der Waals surface area contributed by atoms with Crippen LogP contribution >= 0.6 is 0 Å². The standard InChI is InChI=1S/C18H19N5O3/c1-25-16-15(14-7-8-23(21-14)13-5-3-2-4-6-13)19-18(20-17(16)24)22-9-11-26-12-10-22/h2-8H,9-12H2,1H3,(H,19,20,24). The van der Waals surface area contributed by atoms with Gasteiger partial charge in [-0.2, -0.15) is 10.1 Å². The van der Waals surface area contributed by atoms with Crippen molar-refractivity contribution in [2.24, 2.45) is 0 Å². The molecule has 8 nitrogen and oxygen atoms in total. The van der Waals surface area contributed by atoms with Crippen LogP contribution < -0.4 is 9.64 Å². The summed E-state index contributed by atoms with van der Waals surface area (Å²) in [5.41, 5.74) is 1.98. The van der Waals surface area contributed by atoms with Gasteiger partial charge in [-0.25, -0.2) is 9.67 Å². The zero-order valence-corrected chi connectivity index (χ0v) is 14.4. The number of morpholine rings is 1. The Balaban J connectivity index is 1.75. The predicted octanol–water partition coefficient (Wildman–Crippen LogP) is 1.88. The summed E-state index contributed by atoms with van der Waals surface area (Å²) in [4.78, 5) is 10.8. The highest BCUT2D eigenvalue weighted by molar-refractivity contribution is 5.67. The van der Waals surface area contributed by atoms with E-state index < -0.39 is 0 Å². The van der Waals surface area contributed by atoms with Gasteiger partial charge in [0, 0.05) is 19.3 Å². The first-order chi connectivity index (χ1) is 12.8. The molecule has 3 aromatic rings. The third kappa shape index (κ3) is 3.06. The second-order valence-electron chi connectivity index (χ2n) is 5.81. The number of aromatic hydroxyl groups is 1. The van der Waals surface area contributed by atoms with Crippen LogP contribution in [0, 0.1) is 0 Å². The lowest BCUT2D eigenvalue weighted by Gasteiger charge is -2.27. The summed E-state index contributed by atoms with van der Waals surface area (Å²) in [6.45, 7) is 2.55. The van der Waals surface area contributed by atoms with E-state index in [9.17, 15) is 5.11 Å². The molecule has 0 aliphatic carbocycles. The molecule has 2 aromatic heterocycles. The lowest BCUT2D eigenvalue weighted by Crippen LogP contribution is -2.37. The van der Waals surface area contributed by atoms with Crippen LogP contribution in [-0.4, -0.2) is 58.3 Å². The van der Waals surface area contributed by atoms with Crippen molar-refractivity contribution < 1.29 is 14.6 Å². The van der Waals surface area contributed by atoms with Gasteiger partial charge in [-0.05, 0) is 18.2 Å². The Hall–Kier alpha value is -3.13. The summed E-state index contributed by atoms with van der Waals surface area (Å²) in [6, 6.07) is 11.6. The highest BCUT2D eigenvalue weighted by atomic mass is 16.5. The molecule has 26 heavy (non-hydrogen) atoms. The molecule has 1 N–H and O–H groups in total. The molecule has 0 radical (unpaired) electrons. The van der Waals surface area contributed by atoms with E-state index in [0.717, 1.165) is 5.69 Å². The summed E-state index contributed by atoms with van der Waals surface area (Å²) in [7, 11) is 1.48. The molecular weight excluding hydrogens is 334 g/mol. The van der Waals surface area contributed by atoms with Crippen LogP contribution in [0.3, 0.4) is 0 Å². The highest BCUT2D eigenvalue weighted by Crippen LogP contribution is 2.35. The SMILES string of the molecule is COc1c(O)nc(N2CCOCC2)nc1-c1ccn(-c2ccccc2)n1. The average Bonchev–Trinajstić information content (AvgIpc) is 3.19. The van der Waals surface area contributed by atoms with Crippen molar-refractivity contribution in [3.05, 3.63) is 42.6 Å². The number of aromatic nitrogens is 4. The Bertz CT molecular complexity index is 891. The lowest BCUT2D eigenvalue weighted by molar-refractivity contribution is 0.122. The highest BCUT2D eigenvalue weighted by Gasteiger charge is 2.22. The molecule has 1 fully saturated rings. The molecule has 0 unspecified atom stereocenters. The van der Waals surface area contributed by atoms with Crippen LogP contribution in [-0.2, 0) is 4.74 Å². The van der Waals surface area contributed by atoms with Crippen molar-refractivity contribution in [2.75, 3.05) is 38.3 Å². The van der Waals surface area contributed by atoms with Gasteiger partial charge in [0.2, 0.25) is 11.7 Å². The van der Waals surface area contributed by atoms with Gasteiger partial charge in [0.05, 0.1) is 26.0 Å².